The Balaban J connectivity index is 0.00000289. The first-order valence-corrected chi connectivity index (χ1v) is 11.2. The molecule has 1 aliphatic heterocycles. The van der Waals surface area contributed by atoms with Crippen LogP contribution in [0.2, 0.25) is 5.02 Å². The molecule has 0 bridgehead atoms. The molecule has 170 valence electrons. The summed E-state index contributed by atoms with van der Waals surface area (Å²) in [6.45, 7) is 8.57. The lowest BCUT2D eigenvalue weighted by atomic mass is 9.99. The number of hydrogen-bond acceptors (Lipinski definition) is 4. The molecule has 3 aromatic rings. The average molecular weight is 473 g/mol. The molecule has 0 radical (unpaired) electrons. The molecular formula is C25H30Cl2N4O. The minimum atomic E-state index is -0.196. The number of para-hydroxylation sites is 1. The zero-order chi connectivity index (χ0) is 22.0. The van der Waals surface area contributed by atoms with Crippen LogP contribution >= 0.6 is 24.0 Å². The van der Waals surface area contributed by atoms with E-state index in [1.165, 1.54) is 0 Å². The van der Waals surface area contributed by atoms with E-state index in [4.69, 9.17) is 11.6 Å². The lowest BCUT2D eigenvalue weighted by molar-refractivity contribution is 0.102. The number of fused-ring (bicyclic) bond motifs is 1. The van der Waals surface area contributed by atoms with Crippen molar-refractivity contribution >= 4 is 52.3 Å². The quantitative estimate of drug-likeness (QED) is 0.494. The van der Waals surface area contributed by atoms with Crippen LogP contribution in [0, 0.1) is 0 Å². The number of pyridine rings is 1. The van der Waals surface area contributed by atoms with Gasteiger partial charge in [-0.1, -0.05) is 29.8 Å². The van der Waals surface area contributed by atoms with Gasteiger partial charge < -0.3 is 15.5 Å². The number of halogens is 2. The Morgan fingerprint density at radius 3 is 2.38 bits per heavy atom. The fourth-order valence-electron chi connectivity index (χ4n) is 4.15. The molecular weight excluding hydrogens is 443 g/mol. The summed E-state index contributed by atoms with van der Waals surface area (Å²) < 4.78 is 0. The maximum atomic E-state index is 12.7. The second-order valence-corrected chi connectivity index (χ2v) is 9.60. The summed E-state index contributed by atoms with van der Waals surface area (Å²) in [5.41, 5.74) is 2.66. The van der Waals surface area contributed by atoms with Gasteiger partial charge in [0.05, 0.1) is 5.52 Å². The molecule has 0 aliphatic carbocycles. The van der Waals surface area contributed by atoms with Gasteiger partial charge in [-0.3, -0.25) is 4.79 Å². The van der Waals surface area contributed by atoms with Crippen LogP contribution in [0.15, 0.2) is 54.6 Å². The number of anilines is 2. The highest BCUT2D eigenvalue weighted by Crippen LogP contribution is 2.31. The molecule has 32 heavy (non-hydrogen) atoms. The van der Waals surface area contributed by atoms with Crippen LogP contribution < -0.4 is 15.5 Å². The summed E-state index contributed by atoms with van der Waals surface area (Å²) in [4.78, 5) is 19.8. The van der Waals surface area contributed by atoms with Crippen molar-refractivity contribution in [2.75, 3.05) is 23.3 Å². The highest BCUT2D eigenvalue weighted by atomic mass is 35.5. The predicted octanol–water partition coefficient (Wildman–Crippen LogP) is 5.92. The highest BCUT2D eigenvalue weighted by molar-refractivity contribution is 6.30. The molecule has 0 unspecified atom stereocenters. The summed E-state index contributed by atoms with van der Waals surface area (Å²) in [5.74, 6) is 0.363. The monoisotopic (exact) mass is 472 g/mol. The fourth-order valence-corrected chi connectivity index (χ4v) is 4.28. The van der Waals surface area contributed by atoms with Gasteiger partial charge in [0.1, 0.15) is 5.82 Å². The lowest BCUT2D eigenvalue weighted by Crippen LogP contribution is -2.49. The average Bonchev–Trinajstić information content (AvgIpc) is 2.73. The Kier molecular flexibility index (Phi) is 7.65. The molecule has 5 nitrogen and oxygen atoms in total. The van der Waals surface area contributed by atoms with Crippen molar-refractivity contribution in [1.82, 2.24) is 10.3 Å². The number of rotatable bonds is 4. The molecule has 2 heterocycles. The van der Waals surface area contributed by atoms with E-state index >= 15 is 0 Å². The van der Waals surface area contributed by atoms with E-state index in [2.05, 4.69) is 47.4 Å². The minimum absolute atomic E-state index is 0. The van der Waals surface area contributed by atoms with Gasteiger partial charge in [-0.15, -0.1) is 12.4 Å². The van der Waals surface area contributed by atoms with Gasteiger partial charge in [0.2, 0.25) is 0 Å². The molecule has 0 saturated carbocycles. The van der Waals surface area contributed by atoms with Crippen LogP contribution in [0.25, 0.3) is 10.9 Å². The first-order valence-electron chi connectivity index (χ1n) is 10.8. The standard InChI is InChI=1S/C25H29ClN4O.ClH/c1-25(2,3)29-19-12-14-30(15-13-19)22-16-23(27-21-7-5-4-6-20(21)22)28-24(31)17-8-10-18(26)11-9-17;/h4-11,16,19,29H,12-15H2,1-3H3,(H,27,28,31);1H. The Bertz CT molecular complexity index is 1070. The van der Waals surface area contributed by atoms with Crippen molar-refractivity contribution in [2.24, 2.45) is 0 Å². The van der Waals surface area contributed by atoms with Crippen molar-refractivity contribution in [1.29, 1.82) is 0 Å². The van der Waals surface area contributed by atoms with E-state index < -0.39 is 0 Å². The summed E-state index contributed by atoms with van der Waals surface area (Å²) in [6.07, 6.45) is 2.17. The third-order valence-electron chi connectivity index (χ3n) is 5.52. The van der Waals surface area contributed by atoms with Crippen molar-refractivity contribution in [3.8, 4) is 0 Å². The van der Waals surface area contributed by atoms with Gasteiger partial charge in [0.15, 0.2) is 0 Å². The van der Waals surface area contributed by atoms with Crippen LogP contribution in [0.4, 0.5) is 11.5 Å². The van der Waals surface area contributed by atoms with Crippen molar-refractivity contribution in [2.45, 2.75) is 45.2 Å². The van der Waals surface area contributed by atoms with Crippen molar-refractivity contribution in [3.05, 3.63) is 65.2 Å². The second kappa shape index (κ2) is 10.1. The first kappa shape index (κ1) is 24.3. The van der Waals surface area contributed by atoms with Crippen LogP contribution in [0.3, 0.4) is 0 Å². The molecule has 7 heteroatoms. The van der Waals surface area contributed by atoms with E-state index in [1.807, 2.05) is 24.3 Å². The van der Waals surface area contributed by atoms with Gasteiger partial charge >= 0.3 is 0 Å². The van der Waals surface area contributed by atoms with Crippen LogP contribution in [-0.4, -0.2) is 35.6 Å². The maximum absolute atomic E-state index is 12.7. The van der Waals surface area contributed by atoms with Crippen LogP contribution in [0.1, 0.15) is 44.0 Å². The molecule has 1 fully saturated rings. The molecule has 2 aromatic carbocycles. The largest absolute Gasteiger partial charge is 0.371 e. The van der Waals surface area contributed by atoms with Gasteiger partial charge in [0, 0.05) is 52.4 Å². The van der Waals surface area contributed by atoms with Gasteiger partial charge in [0.25, 0.3) is 5.91 Å². The number of hydrogen-bond donors (Lipinski definition) is 2. The number of nitrogens with one attached hydrogen (secondary N) is 2. The molecule has 1 saturated heterocycles. The molecule has 1 amide bonds. The number of nitrogens with zero attached hydrogens (tertiary/aromatic N) is 2. The van der Waals surface area contributed by atoms with Crippen LogP contribution in [0.5, 0.6) is 0 Å². The lowest BCUT2D eigenvalue weighted by Gasteiger charge is -2.37. The number of carbonyl (C=O) groups excluding carboxylic acids is 1. The first-order chi connectivity index (χ1) is 14.8. The van der Waals surface area contributed by atoms with Crippen molar-refractivity contribution in [3.63, 3.8) is 0 Å². The fraction of sp³-hybridized carbons (Fsp3) is 0.360. The number of amides is 1. The minimum Gasteiger partial charge on any atom is -0.371 e. The zero-order valence-corrected chi connectivity index (χ0v) is 20.3. The van der Waals surface area contributed by atoms with Crippen molar-refractivity contribution < 1.29 is 4.79 Å². The van der Waals surface area contributed by atoms with Crippen LogP contribution in [-0.2, 0) is 0 Å². The summed E-state index contributed by atoms with van der Waals surface area (Å²) in [7, 11) is 0. The van der Waals surface area contributed by atoms with E-state index in [0.717, 1.165) is 42.5 Å². The van der Waals surface area contributed by atoms with Gasteiger partial charge in [-0.25, -0.2) is 4.98 Å². The normalized spacial score (nSPS) is 14.8. The van der Waals surface area contributed by atoms with E-state index in [1.54, 1.807) is 24.3 Å². The third kappa shape index (κ3) is 5.91. The molecule has 1 aliphatic rings. The van der Waals surface area contributed by atoms with Gasteiger partial charge in [-0.05, 0) is 63.9 Å². The number of aromatic nitrogens is 1. The molecule has 1 aromatic heterocycles. The van der Waals surface area contributed by atoms with Gasteiger partial charge in [-0.2, -0.15) is 0 Å². The topological polar surface area (TPSA) is 57.3 Å². The Hall–Kier alpha value is -2.34. The van der Waals surface area contributed by atoms with E-state index in [9.17, 15) is 4.79 Å². The molecule has 0 atom stereocenters. The Morgan fingerprint density at radius 2 is 1.72 bits per heavy atom. The predicted molar refractivity (Wildman–Crippen MR) is 137 cm³/mol. The highest BCUT2D eigenvalue weighted by Gasteiger charge is 2.24. The summed E-state index contributed by atoms with van der Waals surface area (Å²) in [6, 6.07) is 17.5. The Morgan fingerprint density at radius 1 is 1.06 bits per heavy atom. The Labute approximate surface area is 201 Å². The third-order valence-corrected chi connectivity index (χ3v) is 5.77. The second-order valence-electron chi connectivity index (χ2n) is 9.16. The molecule has 4 rings (SSSR count). The number of benzene rings is 2. The maximum Gasteiger partial charge on any atom is 0.256 e. The SMILES string of the molecule is CC(C)(C)NC1CCN(c2cc(NC(=O)c3ccc(Cl)cc3)nc3ccccc23)CC1.Cl. The molecule has 2 N–H and O–H groups in total. The number of piperidine rings is 1. The van der Waals surface area contributed by atoms with E-state index in [-0.39, 0.29) is 23.9 Å². The molecule has 0 spiro atoms. The summed E-state index contributed by atoms with van der Waals surface area (Å²) >= 11 is 5.94. The zero-order valence-electron chi connectivity index (χ0n) is 18.7. The van der Waals surface area contributed by atoms with E-state index in [0.29, 0.717) is 22.4 Å². The smallest absolute Gasteiger partial charge is 0.256 e. The summed E-state index contributed by atoms with van der Waals surface area (Å²) in [5, 5.41) is 8.39. The number of carbonyl (C=O) groups is 1.